The second-order valence-corrected chi connectivity index (χ2v) is 7.26. The molecular formula is C17H28N4O3. The van der Waals surface area contributed by atoms with Crippen molar-refractivity contribution in [2.24, 2.45) is 5.92 Å². The van der Waals surface area contributed by atoms with Crippen molar-refractivity contribution < 1.29 is 14.4 Å². The Morgan fingerprint density at radius 1 is 0.958 bits per heavy atom. The summed E-state index contributed by atoms with van der Waals surface area (Å²) in [4.78, 5) is 40.3. The number of urea groups is 1. The molecule has 0 aromatic rings. The summed E-state index contributed by atoms with van der Waals surface area (Å²) in [6.45, 7) is 5.07. The SMILES string of the molecule is CC(C(=O)NC(=O)NC1CC1)N1CCC(C(=O)N2CCCC2)CC1. The Labute approximate surface area is 143 Å². The van der Waals surface area contributed by atoms with Crippen LogP contribution in [0.5, 0.6) is 0 Å². The maximum atomic E-state index is 12.4. The average molecular weight is 336 g/mol. The molecule has 2 saturated heterocycles. The zero-order valence-electron chi connectivity index (χ0n) is 14.4. The van der Waals surface area contributed by atoms with Gasteiger partial charge in [0, 0.05) is 25.0 Å². The summed E-state index contributed by atoms with van der Waals surface area (Å²) in [7, 11) is 0. The number of imide groups is 1. The lowest BCUT2D eigenvalue weighted by molar-refractivity contribution is -0.136. The number of nitrogens with one attached hydrogen (secondary N) is 2. The minimum absolute atomic E-state index is 0.0905. The molecule has 3 rings (SSSR count). The van der Waals surface area contributed by atoms with Gasteiger partial charge >= 0.3 is 6.03 Å². The smallest absolute Gasteiger partial charge is 0.321 e. The first-order valence-electron chi connectivity index (χ1n) is 9.19. The number of rotatable bonds is 4. The van der Waals surface area contributed by atoms with Crippen LogP contribution in [0.1, 0.15) is 45.4 Å². The van der Waals surface area contributed by atoms with Gasteiger partial charge in [0.1, 0.15) is 0 Å². The second-order valence-electron chi connectivity index (χ2n) is 7.26. The molecule has 7 heteroatoms. The zero-order valence-corrected chi connectivity index (χ0v) is 14.4. The van der Waals surface area contributed by atoms with E-state index in [0.717, 1.165) is 64.7 Å². The molecule has 0 aromatic heterocycles. The van der Waals surface area contributed by atoms with Gasteiger partial charge in [0.05, 0.1) is 6.04 Å². The summed E-state index contributed by atoms with van der Waals surface area (Å²) >= 11 is 0. The molecule has 134 valence electrons. The highest BCUT2D eigenvalue weighted by molar-refractivity contribution is 5.97. The van der Waals surface area contributed by atoms with E-state index in [9.17, 15) is 14.4 Å². The van der Waals surface area contributed by atoms with E-state index < -0.39 is 6.03 Å². The normalized spacial score (nSPS) is 23.8. The summed E-state index contributed by atoms with van der Waals surface area (Å²) in [6, 6.07) is -0.508. The monoisotopic (exact) mass is 336 g/mol. The highest BCUT2D eigenvalue weighted by atomic mass is 16.2. The third-order valence-electron chi connectivity index (χ3n) is 5.37. The van der Waals surface area contributed by atoms with Gasteiger partial charge < -0.3 is 10.2 Å². The van der Waals surface area contributed by atoms with Crippen molar-refractivity contribution in [1.82, 2.24) is 20.4 Å². The average Bonchev–Trinajstić information content (AvgIpc) is 3.22. The van der Waals surface area contributed by atoms with Crippen molar-refractivity contribution in [2.75, 3.05) is 26.2 Å². The van der Waals surface area contributed by atoms with E-state index in [1.807, 2.05) is 11.8 Å². The Kier molecular flexibility index (Phi) is 5.38. The van der Waals surface area contributed by atoms with Gasteiger partial charge in [-0.25, -0.2) is 4.79 Å². The van der Waals surface area contributed by atoms with Gasteiger partial charge in [0.25, 0.3) is 0 Å². The number of carbonyl (C=O) groups is 3. The fourth-order valence-electron chi connectivity index (χ4n) is 3.56. The standard InChI is InChI=1S/C17H28N4O3/c1-12(15(22)19-17(24)18-14-4-5-14)20-10-6-13(7-11-20)16(23)21-8-2-3-9-21/h12-14H,2-11H2,1H3,(H2,18,19,22,24). The molecule has 0 radical (unpaired) electrons. The van der Waals surface area contributed by atoms with Gasteiger partial charge in [-0.05, 0) is 58.5 Å². The van der Waals surface area contributed by atoms with Crippen LogP contribution in [0.15, 0.2) is 0 Å². The van der Waals surface area contributed by atoms with Gasteiger partial charge in [0.15, 0.2) is 0 Å². The molecule has 7 nitrogen and oxygen atoms in total. The molecule has 0 aromatic carbocycles. The Hall–Kier alpha value is -1.63. The molecule has 0 spiro atoms. The lowest BCUT2D eigenvalue weighted by Crippen LogP contribution is -2.52. The third kappa shape index (κ3) is 4.26. The zero-order chi connectivity index (χ0) is 17.1. The molecule has 3 aliphatic rings. The van der Waals surface area contributed by atoms with E-state index in [1.165, 1.54) is 0 Å². The molecule has 2 aliphatic heterocycles. The minimum atomic E-state index is -0.395. The summed E-state index contributed by atoms with van der Waals surface area (Å²) in [5.41, 5.74) is 0. The highest BCUT2D eigenvalue weighted by Crippen LogP contribution is 2.23. The van der Waals surface area contributed by atoms with Crippen molar-refractivity contribution in [1.29, 1.82) is 0 Å². The Balaban J connectivity index is 1.42. The van der Waals surface area contributed by atoms with Crippen LogP contribution in [0.25, 0.3) is 0 Å². The molecule has 4 amide bonds. The minimum Gasteiger partial charge on any atom is -0.342 e. The van der Waals surface area contributed by atoms with Crippen LogP contribution in [0, 0.1) is 5.92 Å². The molecule has 1 saturated carbocycles. The summed E-state index contributed by atoms with van der Waals surface area (Å²) < 4.78 is 0. The number of hydrogen-bond acceptors (Lipinski definition) is 4. The van der Waals surface area contributed by atoms with Gasteiger partial charge in [-0.1, -0.05) is 0 Å². The summed E-state index contributed by atoms with van der Waals surface area (Å²) in [5.74, 6) is 0.110. The molecule has 2 heterocycles. The fraction of sp³-hybridized carbons (Fsp3) is 0.824. The van der Waals surface area contributed by atoms with E-state index in [4.69, 9.17) is 0 Å². The number of likely N-dealkylation sites (tertiary alicyclic amines) is 2. The van der Waals surface area contributed by atoms with Crippen LogP contribution in [0.4, 0.5) is 4.79 Å². The third-order valence-corrected chi connectivity index (χ3v) is 5.37. The fourth-order valence-corrected chi connectivity index (χ4v) is 3.56. The Morgan fingerprint density at radius 3 is 2.17 bits per heavy atom. The molecule has 2 N–H and O–H groups in total. The Bertz CT molecular complexity index is 492. The van der Waals surface area contributed by atoms with Crippen LogP contribution >= 0.6 is 0 Å². The van der Waals surface area contributed by atoms with Crippen molar-refractivity contribution in [2.45, 2.75) is 57.5 Å². The predicted octanol–water partition coefficient (Wildman–Crippen LogP) is 0.698. The number of hydrogen-bond donors (Lipinski definition) is 2. The van der Waals surface area contributed by atoms with Crippen LogP contribution < -0.4 is 10.6 Å². The van der Waals surface area contributed by atoms with Crippen LogP contribution in [0.3, 0.4) is 0 Å². The van der Waals surface area contributed by atoms with Crippen molar-refractivity contribution in [3.63, 3.8) is 0 Å². The van der Waals surface area contributed by atoms with Crippen molar-refractivity contribution >= 4 is 17.8 Å². The summed E-state index contributed by atoms with van der Waals surface area (Å²) in [5, 5.41) is 5.18. The first kappa shape index (κ1) is 17.2. The molecular weight excluding hydrogens is 308 g/mol. The van der Waals surface area contributed by atoms with Gasteiger partial charge in [-0.3, -0.25) is 19.8 Å². The van der Waals surface area contributed by atoms with Crippen molar-refractivity contribution in [3.05, 3.63) is 0 Å². The lowest BCUT2D eigenvalue weighted by Gasteiger charge is -2.35. The molecule has 24 heavy (non-hydrogen) atoms. The number of piperidine rings is 1. The lowest BCUT2D eigenvalue weighted by atomic mass is 9.94. The highest BCUT2D eigenvalue weighted by Gasteiger charge is 2.33. The number of nitrogens with zero attached hydrogens (tertiary/aromatic N) is 2. The largest absolute Gasteiger partial charge is 0.342 e. The topological polar surface area (TPSA) is 81.8 Å². The first-order valence-corrected chi connectivity index (χ1v) is 9.19. The van der Waals surface area contributed by atoms with Crippen LogP contribution in [0.2, 0.25) is 0 Å². The van der Waals surface area contributed by atoms with Gasteiger partial charge in [0.2, 0.25) is 11.8 Å². The van der Waals surface area contributed by atoms with E-state index in [2.05, 4.69) is 15.5 Å². The predicted molar refractivity (Wildman–Crippen MR) is 89.3 cm³/mol. The maximum Gasteiger partial charge on any atom is 0.321 e. The van der Waals surface area contributed by atoms with Crippen molar-refractivity contribution in [3.8, 4) is 0 Å². The molecule has 1 unspecified atom stereocenters. The quantitative estimate of drug-likeness (QED) is 0.792. The molecule has 1 atom stereocenters. The maximum absolute atomic E-state index is 12.4. The summed E-state index contributed by atoms with van der Waals surface area (Å²) in [6.07, 6.45) is 5.81. The molecule has 3 fully saturated rings. The molecule has 0 bridgehead atoms. The van der Waals surface area contributed by atoms with Crippen LogP contribution in [-0.2, 0) is 9.59 Å². The first-order chi connectivity index (χ1) is 11.5. The van der Waals surface area contributed by atoms with Gasteiger partial charge in [-0.2, -0.15) is 0 Å². The number of carbonyl (C=O) groups excluding carboxylic acids is 3. The molecule has 1 aliphatic carbocycles. The number of amides is 4. The van der Waals surface area contributed by atoms with Crippen LogP contribution in [-0.4, -0.2) is 65.9 Å². The van der Waals surface area contributed by atoms with Gasteiger partial charge in [-0.15, -0.1) is 0 Å². The van der Waals surface area contributed by atoms with E-state index in [-0.39, 0.29) is 29.8 Å². The van der Waals surface area contributed by atoms with E-state index in [0.29, 0.717) is 0 Å². The van der Waals surface area contributed by atoms with E-state index in [1.54, 1.807) is 0 Å². The van der Waals surface area contributed by atoms with E-state index >= 15 is 0 Å². The second kappa shape index (κ2) is 7.51. The Morgan fingerprint density at radius 2 is 1.58 bits per heavy atom.